The van der Waals surface area contributed by atoms with Gasteiger partial charge in [-0.1, -0.05) is 0 Å². The van der Waals surface area contributed by atoms with Gasteiger partial charge >= 0.3 is 0 Å². The van der Waals surface area contributed by atoms with Crippen LogP contribution in [0.5, 0.6) is 0 Å². The average Bonchev–Trinajstić information content (AvgIpc) is 2.92. The van der Waals surface area contributed by atoms with E-state index < -0.39 is 0 Å². The van der Waals surface area contributed by atoms with Crippen LogP contribution in [0.1, 0.15) is 16.5 Å². The highest BCUT2D eigenvalue weighted by Crippen LogP contribution is 2.33. The number of aryl methyl sites for hydroxylation is 1. The van der Waals surface area contributed by atoms with E-state index in [1.54, 1.807) is 22.7 Å². The van der Waals surface area contributed by atoms with Gasteiger partial charge in [0.25, 0.3) is 0 Å². The van der Waals surface area contributed by atoms with Crippen molar-refractivity contribution in [2.75, 3.05) is 0 Å². The number of fused-ring (bicyclic) bond motifs is 1. The maximum absolute atomic E-state index is 6.24. The monoisotopic (exact) mass is 263 g/mol. The molecular weight excluding hydrogens is 250 g/mol. The lowest BCUT2D eigenvalue weighted by Gasteiger charge is -2.06. The first kappa shape index (κ1) is 11.0. The maximum Gasteiger partial charge on any atom is 0.0522 e. The third kappa shape index (κ3) is 2.13. The Labute approximate surface area is 107 Å². The zero-order valence-electron chi connectivity index (χ0n) is 9.46. The van der Waals surface area contributed by atoms with E-state index in [2.05, 4.69) is 22.6 Å². The molecule has 0 aliphatic heterocycles. The molecule has 3 rings (SSSR count). The van der Waals surface area contributed by atoms with E-state index in [0.717, 1.165) is 6.42 Å². The van der Waals surface area contributed by atoms with Crippen LogP contribution in [0.4, 0.5) is 0 Å². The molecule has 0 saturated carbocycles. The summed E-state index contributed by atoms with van der Waals surface area (Å²) >= 11 is 3.57. The fourth-order valence-corrected chi connectivity index (χ4v) is 4.02. The van der Waals surface area contributed by atoms with E-state index in [1.165, 1.54) is 19.8 Å². The Kier molecular flexibility index (Phi) is 2.74. The van der Waals surface area contributed by atoms with Crippen molar-refractivity contribution in [3.63, 3.8) is 0 Å². The van der Waals surface area contributed by atoms with Gasteiger partial charge in [0, 0.05) is 33.6 Å². The molecule has 0 aromatic carbocycles. The lowest BCUT2D eigenvalue weighted by Crippen LogP contribution is -2.11. The summed E-state index contributed by atoms with van der Waals surface area (Å²) in [6, 6.07) is 4.44. The Morgan fingerprint density at radius 2 is 2.35 bits per heavy atom. The summed E-state index contributed by atoms with van der Waals surface area (Å²) in [5, 5.41) is 6.29. The zero-order chi connectivity index (χ0) is 11.8. The molecule has 0 aliphatic rings. The fourth-order valence-electron chi connectivity index (χ4n) is 1.90. The predicted octanol–water partition coefficient (Wildman–Crippen LogP) is 2.94. The number of thiophene rings is 2. The Balaban J connectivity index is 1.82. The van der Waals surface area contributed by atoms with Crippen LogP contribution in [0.3, 0.4) is 0 Å². The number of hydrogen-bond acceptors (Lipinski definition) is 4. The van der Waals surface area contributed by atoms with E-state index in [-0.39, 0.29) is 6.04 Å². The quantitative estimate of drug-likeness (QED) is 0.789. The molecule has 3 aromatic heterocycles. The van der Waals surface area contributed by atoms with Crippen molar-refractivity contribution < 1.29 is 0 Å². The van der Waals surface area contributed by atoms with Gasteiger partial charge in [-0.15, -0.1) is 22.7 Å². The van der Waals surface area contributed by atoms with Crippen molar-refractivity contribution in [3.05, 3.63) is 40.3 Å². The smallest absolute Gasteiger partial charge is 0.0522 e. The van der Waals surface area contributed by atoms with Crippen LogP contribution in [-0.4, -0.2) is 9.78 Å². The number of nitrogens with two attached hydrogens (primary N) is 1. The van der Waals surface area contributed by atoms with Gasteiger partial charge in [-0.3, -0.25) is 4.68 Å². The number of hydrogen-bond donors (Lipinski definition) is 1. The van der Waals surface area contributed by atoms with Gasteiger partial charge in [0.05, 0.1) is 6.20 Å². The molecule has 0 aliphatic carbocycles. The van der Waals surface area contributed by atoms with Crippen molar-refractivity contribution >= 4 is 32.1 Å². The molecule has 0 bridgehead atoms. The molecule has 0 spiro atoms. The minimum Gasteiger partial charge on any atom is -0.323 e. The SMILES string of the molecule is Cn1cc(CC(N)c2cc3sccc3s2)cn1. The van der Waals surface area contributed by atoms with Crippen LogP contribution in [0.25, 0.3) is 9.40 Å². The molecule has 3 heterocycles. The zero-order valence-corrected chi connectivity index (χ0v) is 11.1. The van der Waals surface area contributed by atoms with Gasteiger partial charge in [-0.2, -0.15) is 5.10 Å². The largest absolute Gasteiger partial charge is 0.323 e. The third-order valence-electron chi connectivity index (χ3n) is 2.74. The van der Waals surface area contributed by atoms with Crippen molar-refractivity contribution in [2.24, 2.45) is 12.8 Å². The van der Waals surface area contributed by atoms with Crippen molar-refractivity contribution in [3.8, 4) is 0 Å². The summed E-state index contributed by atoms with van der Waals surface area (Å²) in [5.74, 6) is 0. The van der Waals surface area contributed by atoms with Gasteiger partial charge in [0.15, 0.2) is 0 Å². The first-order valence-electron chi connectivity index (χ1n) is 5.42. The number of aromatic nitrogens is 2. The normalized spacial score (nSPS) is 13.3. The van der Waals surface area contributed by atoms with E-state index in [4.69, 9.17) is 5.73 Å². The summed E-state index contributed by atoms with van der Waals surface area (Å²) in [6.07, 6.45) is 4.76. The Bertz CT molecular complexity index is 606. The van der Waals surface area contributed by atoms with Crippen LogP contribution >= 0.6 is 22.7 Å². The van der Waals surface area contributed by atoms with Gasteiger partial charge in [0.1, 0.15) is 0 Å². The van der Waals surface area contributed by atoms with Crippen LogP contribution in [-0.2, 0) is 13.5 Å². The van der Waals surface area contributed by atoms with Crippen molar-refractivity contribution in [1.82, 2.24) is 9.78 Å². The van der Waals surface area contributed by atoms with Gasteiger partial charge < -0.3 is 5.73 Å². The summed E-state index contributed by atoms with van der Waals surface area (Å²) in [7, 11) is 1.93. The van der Waals surface area contributed by atoms with E-state index in [9.17, 15) is 0 Å². The van der Waals surface area contributed by atoms with Crippen LogP contribution < -0.4 is 5.73 Å². The van der Waals surface area contributed by atoms with Crippen molar-refractivity contribution in [1.29, 1.82) is 0 Å². The predicted molar refractivity (Wildman–Crippen MR) is 73.5 cm³/mol. The molecular formula is C12H13N3S2. The standard InChI is InChI=1S/C12H13N3S2/c1-15-7-8(6-14-15)4-9(13)11-5-12-10(17-11)2-3-16-12/h2-3,5-7,9H,4,13H2,1H3. The topological polar surface area (TPSA) is 43.8 Å². The molecule has 0 amide bonds. The molecule has 1 atom stereocenters. The second-order valence-corrected chi connectivity index (χ2v) is 6.19. The molecule has 88 valence electrons. The summed E-state index contributed by atoms with van der Waals surface area (Å²) in [4.78, 5) is 1.26. The molecule has 0 radical (unpaired) electrons. The van der Waals surface area contributed by atoms with E-state index >= 15 is 0 Å². The first-order valence-corrected chi connectivity index (χ1v) is 7.12. The van der Waals surface area contributed by atoms with Crippen LogP contribution in [0.2, 0.25) is 0 Å². The molecule has 3 aromatic rings. The average molecular weight is 263 g/mol. The maximum atomic E-state index is 6.24. The lowest BCUT2D eigenvalue weighted by atomic mass is 10.1. The minimum absolute atomic E-state index is 0.0730. The number of nitrogens with zero attached hydrogens (tertiary/aromatic N) is 2. The minimum atomic E-state index is 0.0730. The molecule has 0 fully saturated rings. The van der Waals surface area contributed by atoms with Crippen molar-refractivity contribution in [2.45, 2.75) is 12.5 Å². The van der Waals surface area contributed by atoms with Gasteiger partial charge in [-0.05, 0) is 29.5 Å². The van der Waals surface area contributed by atoms with Crippen LogP contribution in [0.15, 0.2) is 29.9 Å². The Hall–Kier alpha value is -1.17. The summed E-state index contributed by atoms with van der Waals surface area (Å²) < 4.78 is 4.49. The third-order valence-corrected chi connectivity index (χ3v) is 4.96. The Morgan fingerprint density at radius 1 is 1.47 bits per heavy atom. The van der Waals surface area contributed by atoms with E-state index in [0.29, 0.717) is 0 Å². The van der Waals surface area contributed by atoms with Crippen LogP contribution in [0, 0.1) is 0 Å². The second-order valence-electron chi connectivity index (χ2n) is 4.13. The fraction of sp³-hybridized carbons (Fsp3) is 0.250. The number of rotatable bonds is 3. The summed E-state index contributed by atoms with van der Waals surface area (Å²) in [6.45, 7) is 0. The molecule has 3 nitrogen and oxygen atoms in total. The highest BCUT2D eigenvalue weighted by molar-refractivity contribution is 7.26. The molecule has 17 heavy (non-hydrogen) atoms. The first-order chi connectivity index (χ1) is 8.22. The van der Waals surface area contributed by atoms with E-state index in [1.807, 2.05) is 24.1 Å². The highest BCUT2D eigenvalue weighted by Gasteiger charge is 2.12. The van der Waals surface area contributed by atoms with Gasteiger partial charge in [0.2, 0.25) is 0 Å². The molecule has 2 N–H and O–H groups in total. The van der Waals surface area contributed by atoms with Gasteiger partial charge in [-0.25, -0.2) is 0 Å². The second kappa shape index (κ2) is 4.25. The molecule has 5 heteroatoms. The highest BCUT2D eigenvalue weighted by atomic mass is 32.1. The molecule has 1 unspecified atom stereocenters. The summed E-state index contributed by atoms with van der Waals surface area (Å²) in [5.41, 5.74) is 7.43. The Morgan fingerprint density at radius 3 is 3.06 bits per heavy atom. The lowest BCUT2D eigenvalue weighted by molar-refractivity contribution is 0.733. The molecule has 0 saturated heterocycles.